The number of carbonyl (C=O) groups excluding carboxylic acids is 1. The zero-order valence-electron chi connectivity index (χ0n) is 18.2. The lowest BCUT2D eigenvalue weighted by Crippen LogP contribution is -2.24. The molecule has 0 radical (unpaired) electrons. The standard InChI is InChI=1S/C25H21N5O2S/c1-15-8-10-18(11-9-15)29-14-17(12-22(29)31)24-26-23(28-32-24)21-13-20-16(2)27-30(25(20)33-21)19-6-4-3-5-7-19/h3-11,13,17H,12,14H2,1-2H3. The molecule has 0 saturated carbocycles. The number of para-hydroxylation sites is 1. The lowest BCUT2D eigenvalue weighted by Gasteiger charge is -2.16. The molecule has 3 aromatic heterocycles. The molecule has 0 spiro atoms. The van der Waals surface area contributed by atoms with Crippen LogP contribution in [0.3, 0.4) is 0 Å². The van der Waals surface area contributed by atoms with E-state index in [9.17, 15) is 4.79 Å². The molecule has 4 heterocycles. The topological polar surface area (TPSA) is 77.1 Å². The zero-order valence-corrected chi connectivity index (χ0v) is 19.0. The maximum Gasteiger partial charge on any atom is 0.232 e. The first kappa shape index (κ1) is 19.9. The molecule has 1 aliphatic rings. The Bertz CT molecular complexity index is 1470. The fourth-order valence-electron chi connectivity index (χ4n) is 4.25. The van der Waals surface area contributed by atoms with Crippen molar-refractivity contribution in [3.63, 3.8) is 0 Å². The maximum atomic E-state index is 12.6. The normalized spacial score (nSPS) is 16.2. The number of thiophene rings is 1. The van der Waals surface area contributed by atoms with Crippen molar-refractivity contribution in [1.82, 2.24) is 19.9 Å². The number of carbonyl (C=O) groups is 1. The first-order valence-electron chi connectivity index (χ1n) is 10.8. The number of anilines is 1. The van der Waals surface area contributed by atoms with Crippen molar-refractivity contribution < 1.29 is 9.32 Å². The minimum absolute atomic E-state index is 0.0732. The molecule has 6 rings (SSSR count). The summed E-state index contributed by atoms with van der Waals surface area (Å²) in [7, 11) is 0. The SMILES string of the molecule is Cc1ccc(N2CC(c3nc(-c4cc5c(C)nn(-c6ccccc6)c5s4)no3)CC2=O)cc1. The fourth-order valence-corrected chi connectivity index (χ4v) is 5.36. The summed E-state index contributed by atoms with van der Waals surface area (Å²) < 4.78 is 7.57. The highest BCUT2D eigenvalue weighted by atomic mass is 32.1. The molecule has 5 aromatic rings. The molecular weight excluding hydrogens is 434 g/mol. The van der Waals surface area contributed by atoms with Crippen LogP contribution in [-0.2, 0) is 4.79 Å². The van der Waals surface area contributed by atoms with E-state index in [1.165, 1.54) is 0 Å². The molecule has 164 valence electrons. The number of hydrogen-bond donors (Lipinski definition) is 0. The van der Waals surface area contributed by atoms with Crippen LogP contribution in [-0.4, -0.2) is 32.4 Å². The van der Waals surface area contributed by atoms with Crippen molar-refractivity contribution >= 4 is 33.1 Å². The van der Waals surface area contributed by atoms with Crippen molar-refractivity contribution in [2.45, 2.75) is 26.2 Å². The minimum atomic E-state index is -0.115. The van der Waals surface area contributed by atoms with Gasteiger partial charge in [0.05, 0.1) is 22.2 Å². The van der Waals surface area contributed by atoms with Crippen LogP contribution in [0.25, 0.3) is 26.6 Å². The van der Waals surface area contributed by atoms with Crippen LogP contribution in [0.1, 0.15) is 29.5 Å². The molecule has 33 heavy (non-hydrogen) atoms. The van der Waals surface area contributed by atoms with Crippen LogP contribution in [0.5, 0.6) is 0 Å². The van der Waals surface area contributed by atoms with Gasteiger partial charge in [0.15, 0.2) is 0 Å². The van der Waals surface area contributed by atoms with Gasteiger partial charge in [-0.2, -0.15) is 10.1 Å². The molecule has 2 aromatic carbocycles. The van der Waals surface area contributed by atoms with E-state index in [0.29, 0.717) is 24.7 Å². The second-order valence-corrected chi connectivity index (χ2v) is 9.39. The lowest BCUT2D eigenvalue weighted by atomic mass is 10.1. The molecule has 1 aliphatic heterocycles. The first-order valence-corrected chi connectivity index (χ1v) is 11.6. The molecule has 0 bridgehead atoms. The first-order chi connectivity index (χ1) is 16.1. The molecular formula is C25H21N5O2S. The monoisotopic (exact) mass is 455 g/mol. The molecule has 1 amide bonds. The van der Waals surface area contributed by atoms with Crippen LogP contribution in [0.2, 0.25) is 0 Å². The van der Waals surface area contributed by atoms with Gasteiger partial charge in [0.25, 0.3) is 0 Å². The van der Waals surface area contributed by atoms with E-state index in [-0.39, 0.29) is 11.8 Å². The Morgan fingerprint density at radius 3 is 2.61 bits per heavy atom. The van der Waals surface area contributed by atoms with Gasteiger partial charge in [0, 0.05) is 24.0 Å². The van der Waals surface area contributed by atoms with E-state index in [1.807, 2.05) is 73.1 Å². The van der Waals surface area contributed by atoms with Crippen LogP contribution in [0.4, 0.5) is 5.69 Å². The smallest absolute Gasteiger partial charge is 0.232 e. The van der Waals surface area contributed by atoms with Crippen molar-refractivity contribution in [1.29, 1.82) is 0 Å². The number of hydrogen-bond acceptors (Lipinski definition) is 6. The maximum absolute atomic E-state index is 12.6. The second kappa shape index (κ2) is 7.67. The lowest BCUT2D eigenvalue weighted by molar-refractivity contribution is -0.117. The summed E-state index contributed by atoms with van der Waals surface area (Å²) in [4.78, 5) is 21.1. The predicted octanol–water partition coefficient (Wildman–Crippen LogP) is 5.27. The predicted molar refractivity (Wildman–Crippen MR) is 128 cm³/mol. The number of nitrogens with zero attached hydrogens (tertiary/aromatic N) is 5. The molecule has 1 fully saturated rings. The number of benzene rings is 2. The van der Waals surface area contributed by atoms with E-state index in [0.717, 1.165) is 37.7 Å². The Hall–Kier alpha value is -3.78. The number of aromatic nitrogens is 4. The Balaban J connectivity index is 1.29. The van der Waals surface area contributed by atoms with E-state index < -0.39 is 0 Å². The summed E-state index contributed by atoms with van der Waals surface area (Å²) in [5, 5.41) is 10.0. The van der Waals surface area contributed by atoms with Crippen molar-refractivity contribution in [2.75, 3.05) is 11.4 Å². The van der Waals surface area contributed by atoms with Gasteiger partial charge in [-0.1, -0.05) is 41.1 Å². The highest BCUT2D eigenvalue weighted by molar-refractivity contribution is 7.21. The molecule has 0 N–H and O–H groups in total. The highest BCUT2D eigenvalue weighted by Gasteiger charge is 2.35. The van der Waals surface area contributed by atoms with Gasteiger partial charge in [-0.05, 0) is 44.2 Å². The van der Waals surface area contributed by atoms with Gasteiger partial charge in [-0.25, -0.2) is 4.68 Å². The number of aryl methyl sites for hydroxylation is 2. The Labute approximate surface area is 194 Å². The summed E-state index contributed by atoms with van der Waals surface area (Å²) in [6, 6.07) is 20.1. The van der Waals surface area contributed by atoms with Crippen LogP contribution in [0.15, 0.2) is 65.2 Å². The van der Waals surface area contributed by atoms with Crippen molar-refractivity contribution in [2.24, 2.45) is 0 Å². The zero-order chi connectivity index (χ0) is 22.5. The van der Waals surface area contributed by atoms with E-state index in [2.05, 4.69) is 16.2 Å². The quantitative estimate of drug-likeness (QED) is 0.369. The summed E-state index contributed by atoms with van der Waals surface area (Å²) in [6.45, 7) is 4.58. The van der Waals surface area contributed by atoms with Crippen LogP contribution in [0, 0.1) is 13.8 Å². The largest absolute Gasteiger partial charge is 0.339 e. The van der Waals surface area contributed by atoms with Gasteiger partial charge in [0.1, 0.15) is 4.83 Å². The Kier molecular flexibility index (Phi) is 4.62. The highest BCUT2D eigenvalue weighted by Crippen LogP contribution is 2.37. The molecule has 1 saturated heterocycles. The molecule has 1 unspecified atom stereocenters. The summed E-state index contributed by atoms with van der Waals surface area (Å²) >= 11 is 1.59. The van der Waals surface area contributed by atoms with E-state index in [4.69, 9.17) is 9.62 Å². The van der Waals surface area contributed by atoms with Crippen LogP contribution < -0.4 is 4.90 Å². The van der Waals surface area contributed by atoms with E-state index in [1.54, 1.807) is 16.2 Å². The molecule has 7 nitrogen and oxygen atoms in total. The second-order valence-electron chi connectivity index (χ2n) is 8.36. The number of amides is 1. The minimum Gasteiger partial charge on any atom is -0.339 e. The third kappa shape index (κ3) is 3.43. The third-order valence-corrected chi connectivity index (χ3v) is 7.13. The van der Waals surface area contributed by atoms with Gasteiger partial charge in [-0.3, -0.25) is 4.79 Å². The fraction of sp³-hybridized carbons (Fsp3) is 0.200. The molecule has 1 atom stereocenters. The average Bonchev–Trinajstić information content (AvgIpc) is 3.59. The van der Waals surface area contributed by atoms with E-state index >= 15 is 0 Å². The summed E-state index contributed by atoms with van der Waals surface area (Å²) in [5.41, 5.74) is 4.03. The van der Waals surface area contributed by atoms with Crippen molar-refractivity contribution in [3.8, 4) is 16.4 Å². The number of fused-ring (bicyclic) bond motifs is 1. The van der Waals surface area contributed by atoms with Crippen LogP contribution >= 0.6 is 11.3 Å². The molecule has 8 heteroatoms. The van der Waals surface area contributed by atoms with Crippen molar-refractivity contribution in [3.05, 3.63) is 77.8 Å². The number of rotatable bonds is 4. The van der Waals surface area contributed by atoms with Gasteiger partial charge in [0.2, 0.25) is 17.6 Å². The van der Waals surface area contributed by atoms with Gasteiger partial charge in [-0.15, -0.1) is 11.3 Å². The van der Waals surface area contributed by atoms with Gasteiger partial charge >= 0.3 is 0 Å². The molecule has 0 aliphatic carbocycles. The van der Waals surface area contributed by atoms with Gasteiger partial charge < -0.3 is 9.42 Å². The Morgan fingerprint density at radius 1 is 1.03 bits per heavy atom. The average molecular weight is 456 g/mol. The third-order valence-electron chi connectivity index (χ3n) is 6.03. The summed E-state index contributed by atoms with van der Waals surface area (Å²) in [6.07, 6.45) is 0.365. The summed E-state index contributed by atoms with van der Waals surface area (Å²) in [5.74, 6) is 1.01. The Morgan fingerprint density at radius 2 is 1.82 bits per heavy atom.